The Morgan fingerprint density at radius 1 is 1.15 bits per heavy atom. The number of carbonyl (C=O) groups is 2. The molecule has 1 unspecified atom stereocenters. The molecule has 20 heavy (non-hydrogen) atoms. The van der Waals surface area contributed by atoms with Crippen molar-refractivity contribution in [1.82, 2.24) is 5.32 Å². The summed E-state index contributed by atoms with van der Waals surface area (Å²) in [6.45, 7) is 0. The molecule has 0 heterocycles. The smallest absolute Gasteiger partial charge is 0.228 e. The first-order chi connectivity index (χ1) is 9.65. The van der Waals surface area contributed by atoms with Crippen LogP contribution in [-0.2, 0) is 4.79 Å². The summed E-state index contributed by atoms with van der Waals surface area (Å²) >= 11 is 0. The van der Waals surface area contributed by atoms with Gasteiger partial charge in [0.05, 0.1) is 5.92 Å². The van der Waals surface area contributed by atoms with Crippen molar-refractivity contribution >= 4 is 11.7 Å². The number of ketones is 1. The van der Waals surface area contributed by atoms with Gasteiger partial charge in [-0.15, -0.1) is 0 Å². The van der Waals surface area contributed by atoms with Crippen LogP contribution in [0.4, 0.5) is 0 Å². The van der Waals surface area contributed by atoms with Crippen LogP contribution < -0.4 is 11.1 Å². The molecular weight excluding hydrogens is 252 g/mol. The fraction of sp³-hybridized carbons (Fsp3) is 0.500. The van der Waals surface area contributed by atoms with E-state index in [0.717, 1.165) is 31.2 Å². The van der Waals surface area contributed by atoms with E-state index in [1.807, 2.05) is 24.3 Å². The number of nitrogens with two attached hydrogens (primary N) is 1. The number of carbonyl (C=O) groups excluding carboxylic acids is 2. The zero-order valence-corrected chi connectivity index (χ0v) is 11.5. The molecule has 1 saturated carbocycles. The van der Waals surface area contributed by atoms with E-state index in [4.69, 9.17) is 5.73 Å². The Morgan fingerprint density at radius 3 is 2.60 bits per heavy atom. The molecule has 3 N–H and O–H groups in total. The SMILES string of the molecule is NC1CCC(NC(=O)C2CC(=O)c3ccccc32)CC1. The zero-order chi connectivity index (χ0) is 14.1. The van der Waals surface area contributed by atoms with Crippen molar-refractivity contribution < 1.29 is 9.59 Å². The van der Waals surface area contributed by atoms with Crippen molar-refractivity contribution in [2.45, 2.75) is 50.1 Å². The van der Waals surface area contributed by atoms with Gasteiger partial charge in [0.25, 0.3) is 0 Å². The Labute approximate surface area is 118 Å². The van der Waals surface area contributed by atoms with Crippen molar-refractivity contribution in [3.63, 3.8) is 0 Å². The van der Waals surface area contributed by atoms with Crippen molar-refractivity contribution in [3.8, 4) is 0 Å². The third kappa shape index (κ3) is 2.48. The highest BCUT2D eigenvalue weighted by molar-refractivity contribution is 6.06. The highest BCUT2D eigenvalue weighted by atomic mass is 16.2. The highest BCUT2D eigenvalue weighted by Crippen LogP contribution is 2.33. The predicted molar refractivity (Wildman–Crippen MR) is 76.5 cm³/mol. The molecule has 1 aromatic rings. The lowest BCUT2D eigenvalue weighted by Crippen LogP contribution is -2.42. The molecule has 2 aliphatic carbocycles. The second-order valence-corrected chi connectivity index (χ2v) is 5.89. The molecule has 4 heteroatoms. The minimum Gasteiger partial charge on any atom is -0.353 e. The Kier molecular flexibility index (Phi) is 3.57. The molecule has 1 aromatic carbocycles. The summed E-state index contributed by atoms with van der Waals surface area (Å²) in [6, 6.07) is 7.92. The van der Waals surface area contributed by atoms with Gasteiger partial charge in [-0.25, -0.2) is 0 Å². The number of hydrogen-bond donors (Lipinski definition) is 2. The third-order valence-corrected chi connectivity index (χ3v) is 4.46. The van der Waals surface area contributed by atoms with E-state index >= 15 is 0 Å². The zero-order valence-electron chi connectivity index (χ0n) is 11.5. The van der Waals surface area contributed by atoms with Crippen LogP contribution in [-0.4, -0.2) is 23.8 Å². The molecule has 2 aliphatic rings. The van der Waals surface area contributed by atoms with E-state index in [-0.39, 0.29) is 29.7 Å². The summed E-state index contributed by atoms with van der Waals surface area (Å²) in [5.41, 5.74) is 7.46. The minimum absolute atomic E-state index is 0.0104. The predicted octanol–water partition coefficient (Wildman–Crippen LogP) is 1.74. The lowest BCUT2D eigenvalue weighted by molar-refractivity contribution is -0.123. The number of nitrogens with one attached hydrogen (secondary N) is 1. The average molecular weight is 272 g/mol. The summed E-state index contributed by atoms with van der Waals surface area (Å²) in [4.78, 5) is 24.3. The molecule has 1 fully saturated rings. The molecule has 1 amide bonds. The molecule has 0 aromatic heterocycles. The summed E-state index contributed by atoms with van der Waals surface area (Å²) in [5, 5.41) is 3.10. The maximum Gasteiger partial charge on any atom is 0.228 e. The molecule has 0 spiro atoms. The van der Waals surface area contributed by atoms with Crippen molar-refractivity contribution in [1.29, 1.82) is 0 Å². The van der Waals surface area contributed by atoms with E-state index in [0.29, 0.717) is 12.0 Å². The van der Waals surface area contributed by atoms with Crippen molar-refractivity contribution in [2.75, 3.05) is 0 Å². The Hall–Kier alpha value is -1.68. The first kappa shape index (κ1) is 13.3. The van der Waals surface area contributed by atoms with Crippen LogP contribution in [0.1, 0.15) is 53.9 Å². The topological polar surface area (TPSA) is 72.2 Å². The van der Waals surface area contributed by atoms with Crippen LogP contribution in [0, 0.1) is 0 Å². The van der Waals surface area contributed by atoms with Gasteiger partial charge in [0.1, 0.15) is 0 Å². The second kappa shape index (κ2) is 5.37. The van der Waals surface area contributed by atoms with Gasteiger partial charge in [0.2, 0.25) is 5.91 Å². The first-order valence-electron chi connectivity index (χ1n) is 7.33. The van der Waals surface area contributed by atoms with Crippen LogP contribution in [0.3, 0.4) is 0 Å². The molecular formula is C16H20N2O2. The molecule has 0 aliphatic heterocycles. The Morgan fingerprint density at radius 2 is 1.85 bits per heavy atom. The lowest BCUT2D eigenvalue weighted by atomic mass is 9.91. The summed E-state index contributed by atoms with van der Waals surface area (Å²) in [5.74, 6) is -0.246. The van der Waals surface area contributed by atoms with Gasteiger partial charge in [-0.05, 0) is 31.2 Å². The number of fused-ring (bicyclic) bond motifs is 1. The van der Waals surface area contributed by atoms with Crippen LogP contribution in [0.5, 0.6) is 0 Å². The Balaban J connectivity index is 1.68. The minimum atomic E-state index is -0.311. The van der Waals surface area contributed by atoms with Crippen molar-refractivity contribution in [2.24, 2.45) is 5.73 Å². The molecule has 0 radical (unpaired) electrons. The molecule has 106 valence electrons. The van der Waals surface area contributed by atoms with Gasteiger partial charge >= 0.3 is 0 Å². The fourth-order valence-corrected chi connectivity index (χ4v) is 3.26. The quantitative estimate of drug-likeness (QED) is 0.861. The van der Waals surface area contributed by atoms with Gasteiger partial charge in [0, 0.05) is 24.1 Å². The van der Waals surface area contributed by atoms with Crippen LogP contribution in [0.15, 0.2) is 24.3 Å². The lowest BCUT2D eigenvalue weighted by Gasteiger charge is -2.27. The van der Waals surface area contributed by atoms with Crippen molar-refractivity contribution in [3.05, 3.63) is 35.4 Å². The first-order valence-corrected chi connectivity index (χ1v) is 7.33. The summed E-state index contributed by atoms with van der Waals surface area (Å²) < 4.78 is 0. The molecule has 0 bridgehead atoms. The summed E-state index contributed by atoms with van der Waals surface area (Å²) in [6.07, 6.45) is 4.11. The largest absolute Gasteiger partial charge is 0.353 e. The summed E-state index contributed by atoms with van der Waals surface area (Å²) in [7, 11) is 0. The van der Waals surface area contributed by atoms with Gasteiger partial charge in [0.15, 0.2) is 5.78 Å². The van der Waals surface area contributed by atoms with Gasteiger partial charge < -0.3 is 11.1 Å². The number of Topliss-reactive ketones (excluding diaryl/α,β-unsaturated/α-hetero) is 1. The van der Waals surface area contributed by atoms with Crippen LogP contribution >= 0.6 is 0 Å². The van der Waals surface area contributed by atoms with Gasteiger partial charge in [-0.1, -0.05) is 24.3 Å². The molecule has 1 atom stereocenters. The van der Waals surface area contributed by atoms with E-state index in [1.165, 1.54) is 0 Å². The van der Waals surface area contributed by atoms with E-state index < -0.39 is 0 Å². The normalized spacial score (nSPS) is 29.1. The Bertz CT molecular complexity index is 533. The van der Waals surface area contributed by atoms with Gasteiger partial charge in [-0.3, -0.25) is 9.59 Å². The molecule has 4 nitrogen and oxygen atoms in total. The molecule has 3 rings (SSSR count). The molecule has 0 saturated heterocycles. The fourth-order valence-electron chi connectivity index (χ4n) is 3.26. The van der Waals surface area contributed by atoms with E-state index in [1.54, 1.807) is 0 Å². The number of rotatable bonds is 2. The second-order valence-electron chi connectivity index (χ2n) is 5.89. The van der Waals surface area contributed by atoms with Crippen LogP contribution in [0.25, 0.3) is 0 Å². The average Bonchev–Trinajstić information content (AvgIpc) is 2.79. The highest BCUT2D eigenvalue weighted by Gasteiger charge is 2.34. The van der Waals surface area contributed by atoms with E-state index in [2.05, 4.69) is 5.32 Å². The number of amides is 1. The number of hydrogen-bond acceptors (Lipinski definition) is 3. The van der Waals surface area contributed by atoms with E-state index in [9.17, 15) is 9.59 Å². The maximum atomic E-state index is 12.4. The van der Waals surface area contributed by atoms with Crippen LogP contribution in [0.2, 0.25) is 0 Å². The standard InChI is InChI=1S/C16H20N2O2/c17-10-5-7-11(8-6-10)18-16(20)14-9-15(19)13-4-2-1-3-12(13)14/h1-4,10-11,14H,5-9,17H2,(H,18,20). The van der Waals surface area contributed by atoms with Gasteiger partial charge in [-0.2, -0.15) is 0 Å². The third-order valence-electron chi connectivity index (χ3n) is 4.46. The monoisotopic (exact) mass is 272 g/mol. The number of benzene rings is 1. The maximum absolute atomic E-state index is 12.4.